The van der Waals surface area contributed by atoms with E-state index in [4.69, 9.17) is 4.74 Å². The summed E-state index contributed by atoms with van der Waals surface area (Å²) in [5, 5.41) is 22.3. The first-order valence-corrected chi connectivity index (χ1v) is 9.51. The van der Waals surface area contributed by atoms with Crippen molar-refractivity contribution in [1.29, 1.82) is 0 Å². The number of nitrogens with one attached hydrogen (secondary N) is 1. The van der Waals surface area contributed by atoms with Gasteiger partial charge in [0.2, 0.25) is 0 Å². The number of hydrogen-bond donors (Lipinski definition) is 3. The number of hydrogen-bond acceptors (Lipinski definition) is 4. The summed E-state index contributed by atoms with van der Waals surface area (Å²) in [6.45, 7) is 2.32. The monoisotopic (exact) mass is 366 g/mol. The van der Waals surface area contributed by atoms with Crippen molar-refractivity contribution < 1.29 is 14.9 Å². The molecular weight excluding hydrogens is 340 g/mol. The summed E-state index contributed by atoms with van der Waals surface area (Å²) in [6, 6.07) is 17.7. The van der Waals surface area contributed by atoms with E-state index in [0.717, 1.165) is 35.3 Å². The van der Waals surface area contributed by atoms with Crippen LogP contribution in [0.1, 0.15) is 18.4 Å². The summed E-state index contributed by atoms with van der Waals surface area (Å²) in [4.78, 5) is 5.36. The predicted octanol–water partition coefficient (Wildman–Crippen LogP) is 2.89. The number of rotatable bonds is 6. The molecule has 142 valence electrons. The zero-order valence-corrected chi connectivity index (χ0v) is 15.3. The molecule has 2 heterocycles. The minimum absolute atomic E-state index is 0.254. The van der Waals surface area contributed by atoms with Crippen LogP contribution in [-0.2, 0) is 5.60 Å². The van der Waals surface area contributed by atoms with Crippen LogP contribution >= 0.6 is 0 Å². The molecule has 0 amide bonds. The van der Waals surface area contributed by atoms with Crippen molar-refractivity contribution >= 4 is 10.9 Å². The number of likely N-dealkylation sites (tertiary alicyclic amines) is 1. The maximum absolute atomic E-state index is 10.9. The number of benzene rings is 2. The molecule has 4 rings (SSSR count). The molecule has 3 N–H and O–H groups in total. The van der Waals surface area contributed by atoms with Crippen LogP contribution in [0.2, 0.25) is 0 Å². The molecule has 1 aromatic heterocycles. The molecule has 0 saturated carbocycles. The van der Waals surface area contributed by atoms with Gasteiger partial charge in [-0.15, -0.1) is 0 Å². The van der Waals surface area contributed by atoms with E-state index in [2.05, 4.69) is 9.88 Å². The molecule has 1 atom stereocenters. The first kappa shape index (κ1) is 18.0. The summed E-state index contributed by atoms with van der Waals surface area (Å²) < 4.78 is 5.85. The van der Waals surface area contributed by atoms with Gasteiger partial charge in [-0.3, -0.25) is 0 Å². The Labute approximate surface area is 159 Å². The van der Waals surface area contributed by atoms with Gasteiger partial charge in [0.15, 0.2) is 0 Å². The zero-order chi connectivity index (χ0) is 18.7. The molecule has 1 aliphatic heterocycles. The van der Waals surface area contributed by atoms with E-state index in [0.29, 0.717) is 19.4 Å². The second kappa shape index (κ2) is 7.72. The average Bonchev–Trinajstić information content (AvgIpc) is 3.18. The van der Waals surface area contributed by atoms with Crippen molar-refractivity contribution in [3.05, 3.63) is 66.4 Å². The number of aromatic nitrogens is 1. The number of fused-ring (bicyclic) bond motifs is 1. The van der Waals surface area contributed by atoms with Gasteiger partial charge in [0, 0.05) is 36.7 Å². The largest absolute Gasteiger partial charge is 0.490 e. The fraction of sp³-hybridized carbons (Fsp3) is 0.364. The molecule has 0 radical (unpaired) electrons. The van der Waals surface area contributed by atoms with Crippen LogP contribution in [0.3, 0.4) is 0 Å². The molecule has 2 aromatic carbocycles. The predicted molar refractivity (Wildman–Crippen MR) is 106 cm³/mol. The third-order valence-electron chi connectivity index (χ3n) is 5.45. The maximum Gasteiger partial charge on any atom is 0.128 e. The SMILES string of the molecule is O[C@H](COc1cccc2[nH]ccc12)CN1CCC(O)(c2ccccc2)CC1. The average molecular weight is 366 g/mol. The van der Waals surface area contributed by atoms with E-state index in [1.807, 2.05) is 60.8 Å². The van der Waals surface area contributed by atoms with E-state index in [1.165, 1.54) is 0 Å². The Morgan fingerprint density at radius 2 is 1.81 bits per heavy atom. The van der Waals surface area contributed by atoms with Gasteiger partial charge in [0.05, 0.1) is 5.60 Å². The number of piperidine rings is 1. The number of aliphatic hydroxyl groups is 2. The van der Waals surface area contributed by atoms with Crippen LogP contribution in [0.25, 0.3) is 10.9 Å². The Hall–Kier alpha value is -2.34. The normalized spacial score (nSPS) is 18.4. The van der Waals surface area contributed by atoms with Crippen molar-refractivity contribution in [3.8, 4) is 5.75 Å². The summed E-state index contributed by atoms with van der Waals surface area (Å²) in [5.41, 5.74) is 1.25. The van der Waals surface area contributed by atoms with Gasteiger partial charge < -0.3 is 24.8 Å². The second-order valence-corrected chi connectivity index (χ2v) is 7.36. The number of aromatic amines is 1. The van der Waals surface area contributed by atoms with Gasteiger partial charge in [-0.1, -0.05) is 36.4 Å². The lowest BCUT2D eigenvalue weighted by molar-refractivity contribution is -0.0372. The topological polar surface area (TPSA) is 68.7 Å². The molecule has 5 nitrogen and oxygen atoms in total. The third kappa shape index (κ3) is 4.00. The van der Waals surface area contributed by atoms with Crippen molar-refractivity contribution in [2.75, 3.05) is 26.2 Å². The van der Waals surface area contributed by atoms with Gasteiger partial charge in [0.25, 0.3) is 0 Å². The number of aliphatic hydroxyl groups excluding tert-OH is 1. The van der Waals surface area contributed by atoms with Crippen LogP contribution in [0.5, 0.6) is 5.75 Å². The van der Waals surface area contributed by atoms with Crippen LogP contribution in [0.15, 0.2) is 60.8 Å². The van der Waals surface area contributed by atoms with E-state index in [-0.39, 0.29) is 6.61 Å². The fourth-order valence-electron chi connectivity index (χ4n) is 3.86. The molecule has 1 saturated heterocycles. The lowest BCUT2D eigenvalue weighted by Gasteiger charge is -2.39. The number of ether oxygens (including phenoxy) is 1. The highest BCUT2D eigenvalue weighted by Crippen LogP contribution is 2.32. The standard InChI is InChI=1S/C22H26N2O3/c25-18(16-27-21-8-4-7-20-19(21)9-12-23-20)15-24-13-10-22(26,11-14-24)17-5-2-1-3-6-17/h1-9,12,18,23,25-26H,10-11,13-16H2/t18-/m0/s1. The molecule has 5 heteroatoms. The Morgan fingerprint density at radius 1 is 1.04 bits per heavy atom. The lowest BCUT2D eigenvalue weighted by atomic mass is 9.84. The Kier molecular flexibility index (Phi) is 5.16. The molecule has 0 aliphatic carbocycles. The van der Waals surface area contributed by atoms with Crippen LogP contribution < -0.4 is 4.74 Å². The van der Waals surface area contributed by atoms with Gasteiger partial charge in [-0.25, -0.2) is 0 Å². The van der Waals surface area contributed by atoms with Gasteiger partial charge >= 0.3 is 0 Å². The molecule has 0 spiro atoms. The van der Waals surface area contributed by atoms with Crippen molar-refractivity contribution in [2.45, 2.75) is 24.5 Å². The van der Waals surface area contributed by atoms with Crippen molar-refractivity contribution in [3.63, 3.8) is 0 Å². The highest BCUT2D eigenvalue weighted by molar-refractivity contribution is 5.85. The van der Waals surface area contributed by atoms with Crippen molar-refractivity contribution in [2.24, 2.45) is 0 Å². The minimum Gasteiger partial charge on any atom is -0.490 e. The Morgan fingerprint density at radius 3 is 2.59 bits per heavy atom. The summed E-state index contributed by atoms with van der Waals surface area (Å²) in [6.07, 6.45) is 2.66. The maximum atomic E-state index is 10.9. The van der Waals surface area contributed by atoms with E-state index >= 15 is 0 Å². The number of nitrogens with zero attached hydrogens (tertiary/aromatic N) is 1. The first-order chi connectivity index (χ1) is 13.1. The zero-order valence-electron chi connectivity index (χ0n) is 15.3. The number of H-pyrrole nitrogens is 1. The Bertz CT molecular complexity index is 869. The van der Waals surface area contributed by atoms with E-state index in [1.54, 1.807) is 0 Å². The molecule has 27 heavy (non-hydrogen) atoms. The molecule has 1 aliphatic rings. The fourth-order valence-corrected chi connectivity index (χ4v) is 3.86. The van der Waals surface area contributed by atoms with E-state index < -0.39 is 11.7 Å². The second-order valence-electron chi connectivity index (χ2n) is 7.36. The van der Waals surface area contributed by atoms with Crippen molar-refractivity contribution in [1.82, 2.24) is 9.88 Å². The third-order valence-corrected chi connectivity index (χ3v) is 5.45. The highest BCUT2D eigenvalue weighted by Gasteiger charge is 2.34. The smallest absolute Gasteiger partial charge is 0.128 e. The number of β-amino-alcohol motifs (C(OH)–C–C–N with tert-alkyl or cyclic N) is 1. The molecular formula is C22H26N2O3. The quantitative estimate of drug-likeness (QED) is 0.627. The molecule has 1 fully saturated rings. The molecule has 0 bridgehead atoms. The van der Waals surface area contributed by atoms with Crippen LogP contribution in [0, 0.1) is 0 Å². The minimum atomic E-state index is -0.761. The lowest BCUT2D eigenvalue weighted by Crippen LogP contribution is -2.46. The van der Waals surface area contributed by atoms with Gasteiger partial charge in [-0.05, 0) is 36.6 Å². The first-order valence-electron chi connectivity index (χ1n) is 9.51. The summed E-state index contributed by atoms with van der Waals surface area (Å²) in [7, 11) is 0. The highest BCUT2D eigenvalue weighted by atomic mass is 16.5. The molecule has 3 aromatic rings. The van der Waals surface area contributed by atoms with Crippen LogP contribution in [-0.4, -0.2) is 52.4 Å². The van der Waals surface area contributed by atoms with Gasteiger partial charge in [0.1, 0.15) is 18.5 Å². The van der Waals surface area contributed by atoms with Gasteiger partial charge in [-0.2, -0.15) is 0 Å². The Balaban J connectivity index is 1.28. The van der Waals surface area contributed by atoms with Crippen LogP contribution in [0.4, 0.5) is 0 Å². The van der Waals surface area contributed by atoms with E-state index in [9.17, 15) is 10.2 Å². The molecule has 0 unspecified atom stereocenters. The summed E-state index contributed by atoms with van der Waals surface area (Å²) in [5.74, 6) is 0.782. The summed E-state index contributed by atoms with van der Waals surface area (Å²) >= 11 is 0.